The van der Waals surface area contributed by atoms with E-state index in [0.29, 0.717) is 48.6 Å². The smallest absolute Gasteiger partial charge is 0.293 e. The molecular weight excluding hydrogens is 454 g/mol. The highest BCUT2D eigenvalue weighted by molar-refractivity contribution is 5.82. The predicted octanol–water partition coefficient (Wildman–Crippen LogP) is 5.82. The maximum Gasteiger partial charge on any atom is 0.293 e. The Labute approximate surface area is 217 Å². The lowest BCUT2D eigenvalue weighted by molar-refractivity contribution is -0.199. The minimum atomic E-state index is -0.225. The third-order valence-electron chi connectivity index (χ3n) is 11.9. The van der Waals surface area contributed by atoms with Crippen molar-refractivity contribution in [2.45, 2.75) is 111 Å². The topological polar surface area (TPSA) is 74.2 Å². The highest BCUT2D eigenvalue weighted by Gasteiger charge is 2.66. The van der Waals surface area contributed by atoms with E-state index in [1.807, 2.05) is 0 Å². The standard InChI is InChI=1S/C30H47NO5/c1-7-18(2)21-8-9-22-26-23(10-11-29(21,22)5)30(6)19(13-25(26)36-17-33)12-20(35-16-32)14-24(30)27-31-28(3,4)15-34-27/h16-26H,7-15H2,1-6H3/t18-,19+,20+,21-,22+,23+,24?,25+,26+,29-,30+/m1/s1. The highest BCUT2D eigenvalue weighted by Crippen LogP contribution is 2.70. The average Bonchev–Trinajstić information content (AvgIpc) is 3.38. The molecule has 0 aromatic rings. The van der Waals surface area contributed by atoms with E-state index in [-0.39, 0.29) is 29.1 Å². The van der Waals surface area contributed by atoms with Gasteiger partial charge in [-0.25, -0.2) is 4.99 Å². The average molecular weight is 502 g/mol. The molecule has 11 atom stereocenters. The van der Waals surface area contributed by atoms with Gasteiger partial charge in [0.05, 0.1) is 5.54 Å². The number of aliphatic imine (C=N–C) groups is 1. The van der Waals surface area contributed by atoms with Crippen molar-refractivity contribution in [1.29, 1.82) is 0 Å². The molecule has 1 aliphatic heterocycles. The van der Waals surface area contributed by atoms with Crippen LogP contribution in [0.2, 0.25) is 0 Å². The van der Waals surface area contributed by atoms with Crippen LogP contribution in [-0.2, 0) is 23.8 Å². The van der Waals surface area contributed by atoms with Crippen LogP contribution in [0, 0.1) is 52.3 Å². The second-order valence-electron chi connectivity index (χ2n) is 13.9. The van der Waals surface area contributed by atoms with Gasteiger partial charge in [-0.05, 0) is 99.2 Å². The number of carbonyl (C=O) groups excluding carboxylic acids is 2. The van der Waals surface area contributed by atoms with Crippen LogP contribution in [0.4, 0.5) is 0 Å². The van der Waals surface area contributed by atoms with Gasteiger partial charge in [-0.2, -0.15) is 0 Å². The first-order valence-electron chi connectivity index (χ1n) is 14.5. The van der Waals surface area contributed by atoms with Crippen molar-refractivity contribution in [3.63, 3.8) is 0 Å². The normalized spacial score (nSPS) is 47.9. The number of fused-ring (bicyclic) bond motifs is 5. The van der Waals surface area contributed by atoms with Crippen molar-refractivity contribution in [3.8, 4) is 0 Å². The number of hydrogen-bond donors (Lipinski definition) is 0. The Morgan fingerprint density at radius 1 is 1.03 bits per heavy atom. The van der Waals surface area contributed by atoms with Crippen molar-refractivity contribution in [2.75, 3.05) is 6.61 Å². The Hall–Kier alpha value is -1.59. The molecule has 0 spiro atoms. The summed E-state index contributed by atoms with van der Waals surface area (Å²) < 4.78 is 17.8. The first-order chi connectivity index (χ1) is 17.1. The van der Waals surface area contributed by atoms with Crippen LogP contribution in [0.5, 0.6) is 0 Å². The van der Waals surface area contributed by atoms with Gasteiger partial charge in [0, 0.05) is 11.8 Å². The second kappa shape index (κ2) is 9.31. The fourth-order valence-electron chi connectivity index (χ4n) is 10.1. The molecule has 4 saturated carbocycles. The fraction of sp³-hybridized carbons (Fsp3) is 0.900. The Bertz CT molecular complexity index is 887. The molecule has 1 unspecified atom stereocenters. The summed E-state index contributed by atoms with van der Waals surface area (Å²) in [6.07, 6.45) is 8.35. The van der Waals surface area contributed by atoms with Gasteiger partial charge >= 0.3 is 0 Å². The summed E-state index contributed by atoms with van der Waals surface area (Å²) in [5, 5.41) is 0. The van der Waals surface area contributed by atoms with E-state index in [1.165, 1.54) is 25.7 Å². The van der Waals surface area contributed by atoms with Crippen molar-refractivity contribution in [2.24, 2.45) is 57.2 Å². The first-order valence-corrected chi connectivity index (χ1v) is 14.5. The Balaban J connectivity index is 1.55. The lowest BCUT2D eigenvalue weighted by atomic mass is 9.41. The van der Waals surface area contributed by atoms with Gasteiger partial charge in [0.15, 0.2) is 5.90 Å². The maximum absolute atomic E-state index is 11.8. The molecule has 36 heavy (non-hydrogen) atoms. The van der Waals surface area contributed by atoms with Crippen LogP contribution in [0.1, 0.15) is 92.9 Å². The van der Waals surface area contributed by atoms with Gasteiger partial charge < -0.3 is 14.2 Å². The minimum absolute atomic E-state index is 0.0226. The van der Waals surface area contributed by atoms with Gasteiger partial charge in [0.1, 0.15) is 18.8 Å². The quantitative estimate of drug-likeness (QED) is 0.411. The molecule has 0 N–H and O–H groups in total. The van der Waals surface area contributed by atoms with Crippen LogP contribution in [0.3, 0.4) is 0 Å². The molecule has 5 rings (SSSR count). The molecule has 4 fully saturated rings. The van der Waals surface area contributed by atoms with Crippen LogP contribution < -0.4 is 0 Å². The Morgan fingerprint density at radius 3 is 2.42 bits per heavy atom. The van der Waals surface area contributed by atoms with Crippen molar-refractivity contribution in [1.82, 2.24) is 0 Å². The largest absolute Gasteiger partial charge is 0.478 e. The number of hydrogen-bond acceptors (Lipinski definition) is 6. The molecule has 0 aromatic heterocycles. The van der Waals surface area contributed by atoms with Crippen LogP contribution >= 0.6 is 0 Å². The zero-order valence-electron chi connectivity index (χ0n) is 23.2. The van der Waals surface area contributed by atoms with Gasteiger partial charge in [-0.15, -0.1) is 0 Å². The van der Waals surface area contributed by atoms with Crippen molar-refractivity contribution in [3.05, 3.63) is 0 Å². The third kappa shape index (κ3) is 3.91. The monoisotopic (exact) mass is 501 g/mol. The van der Waals surface area contributed by atoms with Crippen LogP contribution in [-0.4, -0.2) is 43.2 Å². The highest BCUT2D eigenvalue weighted by atomic mass is 16.5. The van der Waals surface area contributed by atoms with Gasteiger partial charge in [0.25, 0.3) is 12.9 Å². The molecule has 0 saturated heterocycles. The molecule has 6 heteroatoms. The summed E-state index contributed by atoms with van der Waals surface area (Å²) in [5.41, 5.74) is 0.0587. The molecule has 0 aromatic carbocycles. The molecule has 5 aliphatic rings. The number of carbonyl (C=O) groups is 2. The summed E-state index contributed by atoms with van der Waals surface area (Å²) >= 11 is 0. The lowest BCUT2D eigenvalue weighted by Gasteiger charge is -2.64. The molecular formula is C30H47NO5. The van der Waals surface area contributed by atoms with Crippen molar-refractivity contribution >= 4 is 18.8 Å². The van der Waals surface area contributed by atoms with E-state index in [9.17, 15) is 9.59 Å². The van der Waals surface area contributed by atoms with Crippen LogP contribution in [0.25, 0.3) is 0 Å². The zero-order valence-corrected chi connectivity index (χ0v) is 23.2. The molecule has 0 amide bonds. The number of rotatable bonds is 7. The van der Waals surface area contributed by atoms with Crippen LogP contribution in [0.15, 0.2) is 4.99 Å². The lowest BCUT2D eigenvalue weighted by Crippen LogP contribution is -2.63. The molecule has 1 heterocycles. The maximum atomic E-state index is 11.8. The first kappa shape index (κ1) is 26.0. The summed E-state index contributed by atoms with van der Waals surface area (Å²) in [4.78, 5) is 28.2. The summed E-state index contributed by atoms with van der Waals surface area (Å²) in [6, 6.07) is 0. The van der Waals surface area contributed by atoms with Gasteiger partial charge in [-0.3, -0.25) is 9.59 Å². The summed E-state index contributed by atoms with van der Waals surface area (Å²) in [7, 11) is 0. The van der Waals surface area contributed by atoms with Gasteiger partial charge in [-0.1, -0.05) is 34.1 Å². The van der Waals surface area contributed by atoms with E-state index >= 15 is 0 Å². The second-order valence-corrected chi connectivity index (χ2v) is 13.9. The van der Waals surface area contributed by atoms with E-state index in [0.717, 1.165) is 43.4 Å². The Morgan fingerprint density at radius 2 is 1.78 bits per heavy atom. The molecule has 0 radical (unpaired) electrons. The molecule has 202 valence electrons. The third-order valence-corrected chi connectivity index (χ3v) is 11.9. The van der Waals surface area contributed by atoms with E-state index in [4.69, 9.17) is 19.2 Å². The number of ether oxygens (including phenoxy) is 3. The SMILES string of the molecule is CC[C@@H](C)[C@H]1CC[C@H]2[C@@H]3[C@@H](OC=O)C[C@@H]4C[C@H](OC=O)CC(C5=NC(C)(C)CO5)[C@]4(C)[C@H]3CC[C@]12C. The van der Waals surface area contributed by atoms with Crippen molar-refractivity contribution < 1.29 is 23.8 Å². The Kier molecular flexibility index (Phi) is 6.73. The number of nitrogens with zero attached hydrogens (tertiary/aromatic N) is 1. The van der Waals surface area contributed by atoms with E-state index < -0.39 is 0 Å². The van der Waals surface area contributed by atoms with E-state index in [2.05, 4.69) is 41.5 Å². The molecule has 6 nitrogen and oxygen atoms in total. The molecule has 0 bridgehead atoms. The van der Waals surface area contributed by atoms with Gasteiger partial charge in [0.2, 0.25) is 0 Å². The summed E-state index contributed by atoms with van der Waals surface area (Å²) in [5.74, 6) is 4.11. The molecule has 4 aliphatic carbocycles. The van der Waals surface area contributed by atoms with E-state index in [1.54, 1.807) is 0 Å². The predicted molar refractivity (Wildman–Crippen MR) is 138 cm³/mol. The summed E-state index contributed by atoms with van der Waals surface area (Å²) in [6.45, 7) is 15.9. The fourth-order valence-corrected chi connectivity index (χ4v) is 10.1. The zero-order chi connectivity index (χ0) is 25.9. The minimum Gasteiger partial charge on any atom is -0.478 e.